The predicted octanol–water partition coefficient (Wildman–Crippen LogP) is 1.20. The molecule has 2 heterocycles. The van der Waals surface area contributed by atoms with Crippen LogP contribution >= 0.6 is 11.3 Å². The predicted molar refractivity (Wildman–Crippen MR) is 84.6 cm³/mol. The number of aryl methyl sites for hydroxylation is 1. The minimum absolute atomic E-state index is 0.0284. The number of thiophene rings is 1. The van der Waals surface area contributed by atoms with Crippen molar-refractivity contribution in [1.29, 1.82) is 0 Å². The average molecular weight is 307 g/mol. The van der Waals surface area contributed by atoms with Crippen LogP contribution in [-0.2, 0) is 4.79 Å². The van der Waals surface area contributed by atoms with Crippen molar-refractivity contribution in [2.45, 2.75) is 12.8 Å². The van der Waals surface area contributed by atoms with Gasteiger partial charge in [0, 0.05) is 36.5 Å². The molecular formula is C15H21N3O2S. The Bertz CT molecular complexity index is 571. The van der Waals surface area contributed by atoms with Gasteiger partial charge in [-0.2, -0.15) is 0 Å². The van der Waals surface area contributed by atoms with E-state index in [9.17, 15) is 9.59 Å². The van der Waals surface area contributed by atoms with Gasteiger partial charge in [-0.3, -0.25) is 9.59 Å². The summed E-state index contributed by atoms with van der Waals surface area (Å²) in [5.74, 6) is -0.122. The Balaban J connectivity index is 1.93. The summed E-state index contributed by atoms with van der Waals surface area (Å²) in [5, 5.41) is 0. The lowest BCUT2D eigenvalue weighted by Crippen LogP contribution is -2.48. The molecule has 0 aromatic carbocycles. The van der Waals surface area contributed by atoms with E-state index in [1.807, 2.05) is 38.1 Å². The number of rotatable bonds is 5. The summed E-state index contributed by atoms with van der Waals surface area (Å²) in [4.78, 5) is 28.9. The smallest absolute Gasteiger partial charge is 0.259 e. The van der Waals surface area contributed by atoms with Crippen LogP contribution in [0.4, 0.5) is 0 Å². The minimum Gasteiger partial charge on any atom is -0.365 e. The third kappa shape index (κ3) is 3.71. The molecular weight excluding hydrogens is 286 g/mol. The van der Waals surface area contributed by atoms with Crippen molar-refractivity contribution in [2.24, 2.45) is 5.73 Å². The van der Waals surface area contributed by atoms with E-state index in [1.165, 1.54) is 11.3 Å². The zero-order valence-electron chi connectivity index (χ0n) is 12.6. The first-order valence-electron chi connectivity index (χ1n) is 6.88. The molecule has 6 heteroatoms. The summed E-state index contributed by atoms with van der Waals surface area (Å²) in [6, 6.07) is 2.01. The number of likely N-dealkylation sites (N-methyl/N-ethyl adjacent to an activating group) is 1. The molecule has 2 N–H and O–H groups in total. The highest BCUT2D eigenvalue weighted by Gasteiger charge is 2.33. The Kier molecular flexibility index (Phi) is 4.80. The summed E-state index contributed by atoms with van der Waals surface area (Å²) >= 11 is 1.43. The summed E-state index contributed by atoms with van der Waals surface area (Å²) in [7, 11) is 3.91. The lowest BCUT2D eigenvalue weighted by molar-refractivity contribution is -0.130. The van der Waals surface area contributed by atoms with E-state index in [0.29, 0.717) is 18.0 Å². The molecule has 5 nitrogen and oxygen atoms in total. The fraction of sp³-hybridized carbons (Fsp3) is 0.467. The van der Waals surface area contributed by atoms with Crippen LogP contribution in [0, 0.1) is 6.92 Å². The van der Waals surface area contributed by atoms with Gasteiger partial charge < -0.3 is 15.5 Å². The lowest BCUT2D eigenvalue weighted by atomic mass is 9.91. The molecule has 0 saturated carbocycles. The highest BCUT2D eigenvalue weighted by atomic mass is 32.1. The number of hydrogen-bond acceptors (Lipinski definition) is 4. The maximum atomic E-state index is 11.9. The monoisotopic (exact) mass is 307 g/mol. The van der Waals surface area contributed by atoms with Gasteiger partial charge in [-0.15, -0.1) is 11.3 Å². The van der Waals surface area contributed by atoms with E-state index in [0.717, 1.165) is 17.0 Å². The van der Waals surface area contributed by atoms with Gasteiger partial charge in [0.25, 0.3) is 5.91 Å². The molecule has 0 atom stereocenters. The van der Waals surface area contributed by atoms with Crippen molar-refractivity contribution < 1.29 is 9.59 Å². The number of likely N-dealkylation sites (tertiary alicyclic amines) is 1. The van der Waals surface area contributed by atoms with E-state index in [4.69, 9.17) is 5.73 Å². The standard InChI is InChI=1S/C15H21N3O2S/c1-10-7-12(14(21-10)15(16)20)11-8-18(9-11)13(19)5-4-6-17(2)3/h4-5,7,11H,6,8-9H2,1-3H3,(H2,16,20). The number of primary amides is 1. The fourth-order valence-electron chi connectivity index (χ4n) is 2.35. The summed E-state index contributed by atoms with van der Waals surface area (Å²) < 4.78 is 0. The Morgan fingerprint density at radius 3 is 2.71 bits per heavy atom. The van der Waals surface area contributed by atoms with Crippen molar-refractivity contribution >= 4 is 23.2 Å². The molecule has 0 aliphatic carbocycles. The van der Waals surface area contributed by atoms with Crippen LogP contribution in [0.1, 0.15) is 26.0 Å². The second-order valence-electron chi connectivity index (χ2n) is 5.61. The third-order valence-electron chi connectivity index (χ3n) is 3.47. The van der Waals surface area contributed by atoms with Crippen LogP contribution in [-0.4, -0.2) is 55.3 Å². The number of nitrogens with two attached hydrogens (primary N) is 1. The van der Waals surface area contributed by atoms with Gasteiger partial charge in [0.1, 0.15) is 0 Å². The van der Waals surface area contributed by atoms with Gasteiger partial charge in [0.05, 0.1) is 4.88 Å². The lowest BCUT2D eigenvalue weighted by Gasteiger charge is -2.38. The summed E-state index contributed by atoms with van der Waals surface area (Å²) in [6.07, 6.45) is 3.48. The van der Waals surface area contributed by atoms with Gasteiger partial charge >= 0.3 is 0 Å². The first-order valence-corrected chi connectivity index (χ1v) is 7.70. The summed E-state index contributed by atoms with van der Waals surface area (Å²) in [5.41, 5.74) is 6.40. The number of carbonyl (C=O) groups excluding carboxylic acids is 2. The minimum atomic E-state index is -0.376. The molecule has 1 fully saturated rings. The summed E-state index contributed by atoms with van der Waals surface area (Å²) in [6.45, 7) is 4.02. The third-order valence-corrected chi connectivity index (χ3v) is 4.55. The Hall–Kier alpha value is -1.66. The largest absolute Gasteiger partial charge is 0.365 e. The molecule has 1 saturated heterocycles. The quantitative estimate of drug-likeness (QED) is 0.831. The normalized spacial score (nSPS) is 15.7. The van der Waals surface area contributed by atoms with E-state index < -0.39 is 0 Å². The van der Waals surface area contributed by atoms with Crippen molar-refractivity contribution in [3.05, 3.63) is 33.5 Å². The van der Waals surface area contributed by atoms with Crippen molar-refractivity contribution in [3.8, 4) is 0 Å². The number of hydrogen-bond donors (Lipinski definition) is 1. The van der Waals surface area contributed by atoms with Crippen molar-refractivity contribution in [3.63, 3.8) is 0 Å². The maximum absolute atomic E-state index is 11.9. The first kappa shape index (κ1) is 15.7. The van der Waals surface area contributed by atoms with Crippen LogP contribution < -0.4 is 5.73 Å². The first-order chi connectivity index (χ1) is 9.88. The topological polar surface area (TPSA) is 66.6 Å². The maximum Gasteiger partial charge on any atom is 0.259 e. The van der Waals surface area contributed by atoms with E-state index in [-0.39, 0.29) is 17.7 Å². The second kappa shape index (κ2) is 6.41. The number of amides is 2. The molecule has 1 aromatic heterocycles. The van der Waals surface area contributed by atoms with E-state index in [2.05, 4.69) is 0 Å². The van der Waals surface area contributed by atoms with E-state index >= 15 is 0 Å². The highest BCUT2D eigenvalue weighted by molar-refractivity contribution is 7.14. The van der Waals surface area contributed by atoms with Crippen LogP contribution in [0.5, 0.6) is 0 Å². The van der Waals surface area contributed by atoms with Gasteiger partial charge in [-0.05, 0) is 32.6 Å². The van der Waals surface area contributed by atoms with Crippen molar-refractivity contribution in [2.75, 3.05) is 33.7 Å². The van der Waals surface area contributed by atoms with Gasteiger partial charge in [0.15, 0.2) is 0 Å². The zero-order valence-corrected chi connectivity index (χ0v) is 13.4. The molecule has 0 unspecified atom stereocenters. The molecule has 2 rings (SSSR count). The highest BCUT2D eigenvalue weighted by Crippen LogP contribution is 2.34. The SMILES string of the molecule is Cc1cc(C2CN(C(=O)C=CCN(C)C)C2)c(C(N)=O)s1. The Labute approximate surface area is 129 Å². The number of carbonyl (C=O) groups is 2. The van der Waals surface area contributed by atoms with Gasteiger partial charge in [0.2, 0.25) is 5.91 Å². The fourth-order valence-corrected chi connectivity index (χ4v) is 3.31. The molecule has 0 radical (unpaired) electrons. The van der Waals surface area contributed by atoms with Crippen LogP contribution in [0.25, 0.3) is 0 Å². The molecule has 0 bridgehead atoms. The Morgan fingerprint density at radius 1 is 1.48 bits per heavy atom. The zero-order chi connectivity index (χ0) is 15.6. The molecule has 2 amide bonds. The molecule has 1 aliphatic rings. The molecule has 21 heavy (non-hydrogen) atoms. The van der Waals surface area contributed by atoms with Crippen molar-refractivity contribution in [1.82, 2.24) is 9.80 Å². The van der Waals surface area contributed by atoms with Gasteiger partial charge in [-0.1, -0.05) is 6.08 Å². The van der Waals surface area contributed by atoms with Crippen LogP contribution in [0.3, 0.4) is 0 Å². The number of nitrogens with zero attached hydrogens (tertiary/aromatic N) is 2. The van der Waals surface area contributed by atoms with E-state index in [1.54, 1.807) is 11.0 Å². The van der Waals surface area contributed by atoms with Crippen LogP contribution in [0.15, 0.2) is 18.2 Å². The average Bonchev–Trinajstić information content (AvgIpc) is 2.68. The Morgan fingerprint density at radius 2 is 2.14 bits per heavy atom. The second-order valence-corrected chi connectivity index (χ2v) is 6.87. The molecule has 1 aromatic rings. The molecule has 1 aliphatic heterocycles. The molecule has 114 valence electrons. The van der Waals surface area contributed by atoms with Crippen LogP contribution in [0.2, 0.25) is 0 Å². The van der Waals surface area contributed by atoms with Gasteiger partial charge in [-0.25, -0.2) is 0 Å². The molecule has 0 spiro atoms.